The van der Waals surface area contributed by atoms with Crippen molar-refractivity contribution in [3.05, 3.63) is 65.0 Å². The summed E-state index contributed by atoms with van der Waals surface area (Å²) in [4.78, 5) is 12.1. The third kappa shape index (κ3) is 2.76. The SMILES string of the molecule is CC(C)(C)c1ccc(CC2C(=O)Nc3ccc(F)cc32)cc1. The molecular weight excluding hydrogens is 277 g/mol. The highest BCUT2D eigenvalue weighted by Gasteiger charge is 2.30. The molecule has 3 rings (SSSR count). The third-order valence-corrected chi connectivity index (χ3v) is 4.22. The van der Waals surface area contributed by atoms with Gasteiger partial charge >= 0.3 is 0 Å². The molecule has 114 valence electrons. The summed E-state index contributed by atoms with van der Waals surface area (Å²) in [5.74, 6) is -0.671. The van der Waals surface area contributed by atoms with Gasteiger partial charge in [-0.15, -0.1) is 0 Å². The summed E-state index contributed by atoms with van der Waals surface area (Å²) in [5.41, 5.74) is 3.94. The minimum absolute atomic E-state index is 0.0551. The second kappa shape index (κ2) is 5.24. The molecule has 1 aliphatic heterocycles. The molecule has 0 saturated heterocycles. The molecule has 0 aliphatic carbocycles. The van der Waals surface area contributed by atoms with Gasteiger partial charge in [0.25, 0.3) is 0 Å². The van der Waals surface area contributed by atoms with Crippen LogP contribution < -0.4 is 5.32 Å². The first-order valence-corrected chi connectivity index (χ1v) is 7.54. The molecule has 1 N–H and O–H groups in total. The smallest absolute Gasteiger partial charge is 0.232 e. The molecule has 2 aromatic carbocycles. The highest BCUT2D eigenvalue weighted by atomic mass is 19.1. The normalized spacial score (nSPS) is 17.3. The molecule has 1 aliphatic rings. The molecule has 1 heterocycles. The number of anilines is 1. The van der Waals surface area contributed by atoms with E-state index in [4.69, 9.17) is 0 Å². The summed E-state index contributed by atoms with van der Waals surface area (Å²) < 4.78 is 13.4. The van der Waals surface area contributed by atoms with Crippen molar-refractivity contribution in [1.29, 1.82) is 0 Å². The Hall–Kier alpha value is -2.16. The van der Waals surface area contributed by atoms with Gasteiger partial charge in [-0.3, -0.25) is 4.79 Å². The fourth-order valence-electron chi connectivity index (χ4n) is 2.88. The number of nitrogens with one attached hydrogen (secondary N) is 1. The van der Waals surface area contributed by atoms with Gasteiger partial charge in [0.05, 0.1) is 5.92 Å². The van der Waals surface area contributed by atoms with E-state index in [1.165, 1.54) is 17.7 Å². The van der Waals surface area contributed by atoms with Gasteiger partial charge in [0.1, 0.15) is 5.82 Å². The Labute approximate surface area is 130 Å². The number of hydrogen-bond acceptors (Lipinski definition) is 1. The zero-order valence-corrected chi connectivity index (χ0v) is 13.1. The van der Waals surface area contributed by atoms with E-state index in [-0.39, 0.29) is 23.1 Å². The van der Waals surface area contributed by atoms with Crippen LogP contribution in [-0.4, -0.2) is 5.91 Å². The van der Waals surface area contributed by atoms with Crippen LogP contribution in [0, 0.1) is 5.82 Å². The second-order valence-corrected chi connectivity index (χ2v) is 6.92. The van der Waals surface area contributed by atoms with Crippen molar-refractivity contribution in [2.24, 2.45) is 0 Å². The van der Waals surface area contributed by atoms with Crippen LogP contribution in [0.25, 0.3) is 0 Å². The molecule has 2 nitrogen and oxygen atoms in total. The van der Waals surface area contributed by atoms with E-state index in [1.807, 2.05) is 0 Å². The summed E-state index contributed by atoms with van der Waals surface area (Å²) in [6.45, 7) is 6.52. The zero-order valence-electron chi connectivity index (χ0n) is 13.1. The summed E-state index contributed by atoms with van der Waals surface area (Å²) in [5, 5.41) is 2.82. The lowest BCUT2D eigenvalue weighted by Gasteiger charge is -2.19. The first-order chi connectivity index (χ1) is 10.3. The predicted octanol–water partition coefficient (Wildman–Crippen LogP) is 4.40. The largest absolute Gasteiger partial charge is 0.325 e. The molecule has 0 bridgehead atoms. The molecule has 0 radical (unpaired) electrons. The van der Waals surface area contributed by atoms with E-state index < -0.39 is 0 Å². The number of halogens is 1. The first-order valence-electron chi connectivity index (χ1n) is 7.54. The number of hydrogen-bond donors (Lipinski definition) is 1. The Balaban J connectivity index is 1.85. The molecule has 0 saturated carbocycles. The number of rotatable bonds is 2. The minimum Gasteiger partial charge on any atom is -0.325 e. The number of carbonyl (C=O) groups is 1. The Morgan fingerprint density at radius 1 is 1.09 bits per heavy atom. The van der Waals surface area contributed by atoms with E-state index in [9.17, 15) is 9.18 Å². The number of fused-ring (bicyclic) bond motifs is 1. The molecule has 1 amide bonds. The molecule has 0 fully saturated rings. The highest BCUT2D eigenvalue weighted by molar-refractivity contribution is 6.03. The molecular formula is C19H20FNO. The summed E-state index contributed by atoms with van der Waals surface area (Å²) in [6.07, 6.45) is 0.590. The summed E-state index contributed by atoms with van der Waals surface area (Å²) in [6, 6.07) is 12.8. The standard InChI is InChI=1S/C19H20FNO/c1-19(2,3)13-6-4-12(5-7-13)10-16-15-11-14(20)8-9-17(15)21-18(16)22/h4-9,11,16H,10H2,1-3H3,(H,21,22). The topological polar surface area (TPSA) is 29.1 Å². The Morgan fingerprint density at radius 3 is 2.41 bits per heavy atom. The molecule has 1 unspecified atom stereocenters. The molecule has 0 aromatic heterocycles. The second-order valence-electron chi connectivity index (χ2n) is 6.92. The monoisotopic (exact) mass is 297 g/mol. The van der Waals surface area contributed by atoms with Crippen molar-refractivity contribution >= 4 is 11.6 Å². The lowest BCUT2D eigenvalue weighted by atomic mass is 9.85. The average Bonchev–Trinajstić information content (AvgIpc) is 2.75. The van der Waals surface area contributed by atoms with Gasteiger partial charge in [0, 0.05) is 5.69 Å². The van der Waals surface area contributed by atoms with Gasteiger partial charge in [-0.1, -0.05) is 45.0 Å². The van der Waals surface area contributed by atoms with Crippen LogP contribution in [0.4, 0.5) is 10.1 Å². The van der Waals surface area contributed by atoms with Gasteiger partial charge in [-0.25, -0.2) is 4.39 Å². The quantitative estimate of drug-likeness (QED) is 0.874. The molecule has 3 heteroatoms. The van der Waals surface area contributed by atoms with E-state index in [0.717, 1.165) is 16.8 Å². The van der Waals surface area contributed by atoms with Crippen LogP contribution in [0.3, 0.4) is 0 Å². The van der Waals surface area contributed by atoms with Crippen LogP contribution >= 0.6 is 0 Å². The fraction of sp³-hybridized carbons (Fsp3) is 0.316. The number of carbonyl (C=O) groups excluding carboxylic acids is 1. The first kappa shape index (κ1) is 14.8. The van der Waals surface area contributed by atoms with Crippen molar-refractivity contribution in [3.63, 3.8) is 0 Å². The minimum atomic E-state index is -0.314. The van der Waals surface area contributed by atoms with Gasteiger partial charge in [0.15, 0.2) is 0 Å². The Kier molecular flexibility index (Phi) is 3.51. The summed E-state index contributed by atoms with van der Waals surface area (Å²) in [7, 11) is 0. The van der Waals surface area contributed by atoms with Crippen LogP contribution in [0.5, 0.6) is 0 Å². The zero-order chi connectivity index (χ0) is 15.9. The maximum atomic E-state index is 13.4. The van der Waals surface area contributed by atoms with Gasteiger partial charge in [-0.05, 0) is 46.7 Å². The summed E-state index contributed by atoms with van der Waals surface area (Å²) >= 11 is 0. The fourth-order valence-corrected chi connectivity index (χ4v) is 2.88. The van der Waals surface area contributed by atoms with Crippen molar-refractivity contribution in [2.75, 3.05) is 5.32 Å². The maximum absolute atomic E-state index is 13.4. The average molecular weight is 297 g/mol. The predicted molar refractivity (Wildman–Crippen MR) is 86.6 cm³/mol. The highest BCUT2D eigenvalue weighted by Crippen LogP contribution is 2.35. The van der Waals surface area contributed by atoms with Crippen molar-refractivity contribution < 1.29 is 9.18 Å². The Bertz CT molecular complexity index is 713. The van der Waals surface area contributed by atoms with Crippen LogP contribution in [-0.2, 0) is 16.6 Å². The maximum Gasteiger partial charge on any atom is 0.232 e. The van der Waals surface area contributed by atoms with Crippen LogP contribution in [0.2, 0.25) is 0 Å². The van der Waals surface area contributed by atoms with Gasteiger partial charge in [0.2, 0.25) is 5.91 Å². The van der Waals surface area contributed by atoms with Crippen LogP contribution in [0.1, 0.15) is 43.4 Å². The molecule has 1 atom stereocenters. The van der Waals surface area contributed by atoms with Gasteiger partial charge in [-0.2, -0.15) is 0 Å². The Morgan fingerprint density at radius 2 is 1.77 bits per heavy atom. The van der Waals surface area contributed by atoms with E-state index >= 15 is 0 Å². The third-order valence-electron chi connectivity index (χ3n) is 4.22. The lowest BCUT2D eigenvalue weighted by molar-refractivity contribution is -0.117. The van der Waals surface area contributed by atoms with E-state index in [2.05, 4.69) is 50.4 Å². The van der Waals surface area contributed by atoms with Crippen molar-refractivity contribution in [3.8, 4) is 0 Å². The van der Waals surface area contributed by atoms with E-state index in [0.29, 0.717) is 6.42 Å². The number of benzene rings is 2. The molecule has 2 aromatic rings. The lowest BCUT2D eigenvalue weighted by Crippen LogP contribution is -2.15. The number of amides is 1. The van der Waals surface area contributed by atoms with Gasteiger partial charge < -0.3 is 5.32 Å². The van der Waals surface area contributed by atoms with Crippen molar-refractivity contribution in [2.45, 2.75) is 38.5 Å². The van der Waals surface area contributed by atoms with Crippen molar-refractivity contribution in [1.82, 2.24) is 0 Å². The molecule has 0 spiro atoms. The molecule has 22 heavy (non-hydrogen) atoms. The van der Waals surface area contributed by atoms with Crippen LogP contribution in [0.15, 0.2) is 42.5 Å². The van der Waals surface area contributed by atoms with E-state index in [1.54, 1.807) is 6.07 Å².